The number of rotatable bonds is 9. The minimum atomic E-state index is -3.97. The molecule has 0 saturated carbocycles. The molecule has 1 saturated heterocycles. The summed E-state index contributed by atoms with van der Waals surface area (Å²) in [5, 5.41) is 15.6. The second-order valence-electron chi connectivity index (χ2n) is 9.31. The van der Waals surface area contributed by atoms with Gasteiger partial charge in [-0.2, -0.15) is 4.31 Å². The lowest BCUT2D eigenvalue weighted by Gasteiger charge is -2.30. The van der Waals surface area contributed by atoms with E-state index in [9.17, 15) is 28.1 Å². The summed E-state index contributed by atoms with van der Waals surface area (Å²) in [6.45, 7) is 1.25. The number of piperidine rings is 1. The van der Waals surface area contributed by atoms with Gasteiger partial charge >= 0.3 is 0 Å². The molecule has 2 aromatic carbocycles. The highest BCUT2D eigenvalue weighted by molar-refractivity contribution is 7.91. The van der Waals surface area contributed by atoms with Crippen LogP contribution < -0.4 is 10.2 Å². The van der Waals surface area contributed by atoms with E-state index >= 15 is 0 Å². The lowest BCUT2D eigenvalue weighted by atomic mass is 9.96. The van der Waals surface area contributed by atoms with Gasteiger partial charge in [-0.1, -0.05) is 23.7 Å². The third-order valence-electron chi connectivity index (χ3n) is 7.03. The van der Waals surface area contributed by atoms with Crippen molar-refractivity contribution in [1.82, 2.24) is 4.31 Å². The van der Waals surface area contributed by atoms with Gasteiger partial charge < -0.3 is 15.0 Å². The number of amides is 2. The first-order valence-electron chi connectivity index (χ1n) is 12.2. The van der Waals surface area contributed by atoms with Gasteiger partial charge in [-0.25, -0.2) is 8.42 Å². The van der Waals surface area contributed by atoms with Crippen molar-refractivity contribution in [2.24, 2.45) is 5.92 Å². The van der Waals surface area contributed by atoms with Gasteiger partial charge in [-0.15, -0.1) is 11.3 Å². The van der Waals surface area contributed by atoms with Crippen LogP contribution in [0.4, 0.5) is 17.1 Å². The smallest absolute Gasteiger partial charge is 0.300 e. The molecule has 0 atom stereocenters. The number of halogens is 1. The molecule has 206 valence electrons. The number of hydrogen-bond donors (Lipinski definition) is 1. The molecule has 2 amide bonds. The first kappa shape index (κ1) is 27.5. The summed E-state index contributed by atoms with van der Waals surface area (Å²) >= 11 is 6.50. The van der Waals surface area contributed by atoms with E-state index in [1.807, 2.05) is 12.1 Å². The second-order valence-corrected chi connectivity index (χ2v) is 13.1. The van der Waals surface area contributed by atoms with Gasteiger partial charge in [0.1, 0.15) is 4.21 Å². The van der Waals surface area contributed by atoms with Gasteiger partial charge in [-0.05, 0) is 37.5 Å². The van der Waals surface area contributed by atoms with Gasteiger partial charge in [0.2, 0.25) is 5.91 Å². The number of nitro groups is 1. The molecule has 39 heavy (non-hydrogen) atoms. The number of benzene rings is 2. The Kier molecular flexibility index (Phi) is 7.62. The van der Waals surface area contributed by atoms with Gasteiger partial charge in [0.25, 0.3) is 21.6 Å². The van der Waals surface area contributed by atoms with Crippen LogP contribution in [0.25, 0.3) is 10.8 Å². The number of anilines is 2. The predicted octanol–water partition coefficient (Wildman–Crippen LogP) is 4.50. The molecule has 3 heterocycles. The van der Waals surface area contributed by atoms with E-state index in [2.05, 4.69) is 5.32 Å². The molecule has 1 fully saturated rings. The van der Waals surface area contributed by atoms with Crippen molar-refractivity contribution < 1.29 is 27.7 Å². The molecule has 1 N–H and O–H groups in total. The monoisotopic (exact) mass is 592 g/mol. The summed E-state index contributed by atoms with van der Waals surface area (Å²) in [6, 6.07) is 10.0. The number of sulfonamides is 1. The van der Waals surface area contributed by atoms with E-state index in [0.29, 0.717) is 55.0 Å². The van der Waals surface area contributed by atoms with Gasteiger partial charge in [0.15, 0.2) is 4.34 Å². The molecule has 0 aliphatic carbocycles. The van der Waals surface area contributed by atoms with Crippen molar-refractivity contribution in [3.63, 3.8) is 0 Å². The van der Waals surface area contributed by atoms with Crippen molar-refractivity contribution in [1.29, 1.82) is 0 Å². The van der Waals surface area contributed by atoms with E-state index in [4.69, 9.17) is 16.3 Å². The minimum absolute atomic E-state index is 0.0823. The normalized spacial score (nSPS) is 16.3. The molecule has 3 aromatic rings. The van der Waals surface area contributed by atoms with Gasteiger partial charge in [0, 0.05) is 67.4 Å². The Bertz CT molecular complexity index is 1580. The Morgan fingerprint density at radius 2 is 2.00 bits per heavy atom. The lowest BCUT2D eigenvalue weighted by Crippen LogP contribution is -2.41. The van der Waals surface area contributed by atoms with Gasteiger partial charge in [-0.3, -0.25) is 19.7 Å². The van der Waals surface area contributed by atoms with Crippen molar-refractivity contribution in [3.8, 4) is 0 Å². The Balaban J connectivity index is 1.29. The summed E-state index contributed by atoms with van der Waals surface area (Å²) in [5.74, 6) is -0.738. The molecule has 0 bridgehead atoms. The summed E-state index contributed by atoms with van der Waals surface area (Å²) in [5.41, 5.74) is 1.53. The second kappa shape index (κ2) is 10.8. The number of nitrogens with zero attached hydrogens (tertiary/aromatic N) is 3. The van der Waals surface area contributed by atoms with Crippen LogP contribution >= 0.6 is 22.9 Å². The molecule has 0 spiro atoms. The fraction of sp³-hybridized carbons (Fsp3) is 0.360. The topological polar surface area (TPSA) is 139 Å². The molecule has 2 aliphatic heterocycles. The highest BCUT2D eigenvalue weighted by Crippen LogP contribution is 2.41. The third kappa shape index (κ3) is 5.00. The number of thiophene rings is 1. The summed E-state index contributed by atoms with van der Waals surface area (Å²) in [6.07, 6.45) is 1.28. The van der Waals surface area contributed by atoms with Crippen LogP contribution in [0.2, 0.25) is 4.34 Å². The quantitative estimate of drug-likeness (QED) is 0.219. The fourth-order valence-electron chi connectivity index (χ4n) is 5.05. The van der Waals surface area contributed by atoms with Crippen LogP contribution in [0.3, 0.4) is 0 Å². The minimum Gasteiger partial charge on any atom is -0.385 e. The Labute approximate surface area is 233 Å². The SMILES string of the molecule is COCCCN1C(=O)c2cccc3c(NC(=O)C4CCN(S(=O)(=O)c5cc([N+](=O)[O-])c(Cl)s5)CC4)ccc1c23. The lowest BCUT2D eigenvalue weighted by molar-refractivity contribution is -0.384. The van der Waals surface area contributed by atoms with E-state index < -0.39 is 26.6 Å². The van der Waals surface area contributed by atoms with Crippen molar-refractivity contribution >= 4 is 72.6 Å². The van der Waals surface area contributed by atoms with Crippen LogP contribution in [0.5, 0.6) is 0 Å². The van der Waals surface area contributed by atoms with Crippen molar-refractivity contribution in [2.75, 3.05) is 43.6 Å². The van der Waals surface area contributed by atoms with E-state index in [-0.39, 0.29) is 33.4 Å². The number of hydrogen-bond acceptors (Lipinski definition) is 8. The largest absolute Gasteiger partial charge is 0.385 e. The number of methoxy groups -OCH3 is 1. The third-order valence-corrected chi connectivity index (χ3v) is 10.7. The number of carbonyl (C=O) groups is 2. The van der Waals surface area contributed by atoms with E-state index in [1.54, 1.807) is 30.2 Å². The molecule has 2 aliphatic rings. The molecule has 1 aromatic heterocycles. The fourth-order valence-corrected chi connectivity index (χ4v) is 8.34. The van der Waals surface area contributed by atoms with Crippen LogP contribution in [-0.4, -0.2) is 62.8 Å². The van der Waals surface area contributed by atoms with E-state index in [0.717, 1.165) is 22.5 Å². The van der Waals surface area contributed by atoms with Crippen molar-refractivity contribution in [2.45, 2.75) is 23.5 Å². The number of carbonyl (C=O) groups excluding carboxylic acids is 2. The number of nitrogens with one attached hydrogen (secondary N) is 1. The zero-order chi connectivity index (χ0) is 27.9. The summed E-state index contributed by atoms with van der Waals surface area (Å²) in [7, 11) is -2.35. The van der Waals surface area contributed by atoms with Crippen LogP contribution in [0.15, 0.2) is 40.6 Å². The van der Waals surface area contributed by atoms with Crippen LogP contribution in [0.1, 0.15) is 29.6 Å². The van der Waals surface area contributed by atoms with Crippen LogP contribution in [-0.2, 0) is 19.6 Å². The molecule has 0 radical (unpaired) electrons. The number of ether oxygens (including phenoxy) is 1. The molecular weight excluding hydrogens is 568 g/mol. The highest BCUT2D eigenvalue weighted by Gasteiger charge is 2.36. The molecule has 5 rings (SSSR count). The Hall–Kier alpha value is -3.10. The predicted molar refractivity (Wildman–Crippen MR) is 148 cm³/mol. The highest BCUT2D eigenvalue weighted by atomic mass is 35.5. The summed E-state index contributed by atoms with van der Waals surface area (Å²) in [4.78, 5) is 38.3. The van der Waals surface area contributed by atoms with Crippen LogP contribution in [0, 0.1) is 16.0 Å². The average molecular weight is 593 g/mol. The maximum absolute atomic E-state index is 13.2. The van der Waals surface area contributed by atoms with Crippen molar-refractivity contribution in [3.05, 3.63) is 56.4 Å². The van der Waals surface area contributed by atoms with E-state index in [1.165, 1.54) is 4.31 Å². The zero-order valence-corrected chi connectivity index (χ0v) is 23.3. The Morgan fingerprint density at radius 1 is 1.26 bits per heavy atom. The standard InChI is InChI=1S/C25H25ClN4O7S2/c1-37-13-3-10-29-19-7-6-18(16-4-2-5-17(22(16)19)25(29)32)27-24(31)15-8-11-28(12-9-15)39(35,36)21-14-20(30(33)34)23(26)38-21/h2,4-7,14-15H,3,8-13H2,1H3,(H,27,31). The first-order valence-corrected chi connectivity index (χ1v) is 14.9. The zero-order valence-electron chi connectivity index (χ0n) is 20.9. The Morgan fingerprint density at radius 3 is 2.67 bits per heavy atom. The molecular formula is C25H25ClN4O7S2. The molecule has 11 nitrogen and oxygen atoms in total. The molecule has 0 unspecified atom stereocenters. The molecule has 14 heteroatoms. The maximum Gasteiger partial charge on any atom is 0.300 e. The first-order chi connectivity index (χ1) is 18.6. The summed E-state index contributed by atoms with van der Waals surface area (Å²) < 4.78 is 32.0. The average Bonchev–Trinajstić information content (AvgIpc) is 3.45. The van der Waals surface area contributed by atoms with Gasteiger partial charge in [0.05, 0.1) is 10.6 Å². The maximum atomic E-state index is 13.2.